The fourth-order valence-electron chi connectivity index (χ4n) is 1.26. The first-order chi connectivity index (χ1) is 5.47. The van der Waals surface area contributed by atoms with Crippen molar-refractivity contribution < 1.29 is 0 Å². The van der Waals surface area contributed by atoms with E-state index in [0.717, 1.165) is 5.02 Å². The van der Waals surface area contributed by atoms with E-state index in [1.165, 1.54) is 11.6 Å². The molecule has 66 valence electrons. The van der Waals surface area contributed by atoms with Crippen molar-refractivity contribution >= 4 is 19.7 Å². The summed E-state index contributed by atoms with van der Waals surface area (Å²) in [6.45, 7) is 7.11. The first-order valence-corrected chi connectivity index (χ1v) is 8.30. The van der Waals surface area contributed by atoms with E-state index in [1.807, 2.05) is 12.1 Å². The molecule has 1 rings (SSSR count). The third-order valence-corrected chi connectivity index (χ3v) is 3.33. The van der Waals surface area contributed by atoms with Crippen molar-refractivity contribution in [3.8, 4) is 0 Å². The van der Waals surface area contributed by atoms with Crippen molar-refractivity contribution in [1.29, 1.82) is 0 Å². The van der Waals surface area contributed by atoms with Crippen LogP contribution in [0.25, 0.3) is 0 Å². The lowest BCUT2D eigenvalue weighted by Gasteiger charge is -2.15. The van der Waals surface area contributed by atoms with E-state index >= 15 is 0 Å². The summed E-state index contributed by atoms with van der Waals surface area (Å²) in [5.74, 6) is 0. The maximum Gasteiger partial charge on any atom is 0.0487 e. The highest BCUT2D eigenvalue weighted by Gasteiger charge is 2.13. The SMILES string of the molecule is C[Si](C)(C)Cc1cccc(Cl)c1. The Morgan fingerprint density at radius 1 is 1.25 bits per heavy atom. The minimum absolute atomic E-state index is 0.853. The Labute approximate surface area is 80.6 Å². The minimum Gasteiger partial charge on any atom is -0.0843 e. The number of hydrogen-bond acceptors (Lipinski definition) is 0. The summed E-state index contributed by atoms with van der Waals surface area (Å²) in [5, 5.41) is 0.853. The number of benzene rings is 1. The molecule has 0 spiro atoms. The molecule has 0 nitrogen and oxygen atoms in total. The summed E-state index contributed by atoms with van der Waals surface area (Å²) in [4.78, 5) is 0. The molecule has 0 heterocycles. The first-order valence-electron chi connectivity index (χ1n) is 4.22. The molecular formula is C10H15ClSi. The normalized spacial score (nSPS) is 11.7. The summed E-state index contributed by atoms with van der Waals surface area (Å²) in [7, 11) is -0.980. The van der Waals surface area contributed by atoms with Gasteiger partial charge in [0.1, 0.15) is 0 Å². The van der Waals surface area contributed by atoms with Crippen molar-refractivity contribution in [3.05, 3.63) is 34.9 Å². The number of halogens is 1. The van der Waals surface area contributed by atoms with E-state index < -0.39 is 8.07 Å². The molecule has 0 bridgehead atoms. The molecule has 12 heavy (non-hydrogen) atoms. The molecule has 0 N–H and O–H groups in total. The Morgan fingerprint density at radius 2 is 1.92 bits per heavy atom. The largest absolute Gasteiger partial charge is 0.0843 e. The van der Waals surface area contributed by atoms with Crippen LogP contribution >= 0.6 is 11.6 Å². The maximum absolute atomic E-state index is 5.89. The van der Waals surface area contributed by atoms with Crippen molar-refractivity contribution in [2.75, 3.05) is 0 Å². The van der Waals surface area contributed by atoms with Gasteiger partial charge in [-0.2, -0.15) is 0 Å². The molecule has 0 aromatic heterocycles. The third-order valence-electron chi connectivity index (χ3n) is 1.62. The van der Waals surface area contributed by atoms with Crippen molar-refractivity contribution in [1.82, 2.24) is 0 Å². The van der Waals surface area contributed by atoms with Gasteiger partial charge in [-0.05, 0) is 23.7 Å². The van der Waals surface area contributed by atoms with Gasteiger partial charge in [0.2, 0.25) is 0 Å². The lowest BCUT2D eigenvalue weighted by atomic mass is 10.2. The van der Waals surface area contributed by atoms with Gasteiger partial charge in [0.05, 0.1) is 0 Å². The summed E-state index contributed by atoms with van der Waals surface area (Å²) in [5.41, 5.74) is 1.38. The van der Waals surface area contributed by atoms with Crippen LogP contribution in [0.5, 0.6) is 0 Å². The van der Waals surface area contributed by atoms with E-state index in [2.05, 4.69) is 31.8 Å². The highest BCUT2D eigenvalue weighted by atomic mass is 35.5. The van der Waals surface area contributed by atoms with Gasteiger partial charge in [-0.15, -0.1) is 0 Å². The molecule has 0 aliphatic carbocycles. The van der Waals surface area contributed by atoms with Gasteiger partial charge in [-0.1, -0.05) is 43.4 Å². The Balaban J connectivity index is 2.77. The van der Waals surface area contributed by atoms with Gasteiger partial charge in [0, 0.05) is 13.1 Å². The van der Waals surface area contributed by atoms with Crippen molar-refractivity contribution in [3.63, 3.8) is 0 Å². The third kappa shape index (κ3) is 3.42. The van der Waals surface area contributed by atoms with Crippen LogP contribution < -0.4 is 0 Å². The van der Waals surface area contributed by atoms with Crippen molar-refractivity contribution in [2.45, 2.75) is 25.7 Å². The quantitative estimate of drug-likeness (QED) is 0.635. The summed E-state index contributed by atoms with van der Waals surface area (Å²) >= 11 is 5.89. The molecule has 1 aromatic carbocycles. The smallest absolute Gasteiger partial charge is 0.0487 e. The lowest BCUT2D eigenvalue weighted by Crippen LogP contribution is -2.23. The molecular weight excluding hydrogens is 184 g/mol. The highest BCUT2D eigenvalue weighted by Crippen LogP contribution is 2.15. The van der Waals surface area contributed by atoms with Crippen LogP contribution in [0.3, 0.4) is 0 Å². The standard InChI is InChI=1S/C10H15ClSi/c1-12(2,3)8-9-5-4-6-10(11)7-9/h4-7H,8H2,1-3H3. The summed E-state index contributed by atoms with van der Waals surface area (Å²) in [6, 6.07) is 9.39. The molecule has 0 radical (unpaired) electrons. The van der Waals surface area contributed by atoms with Gasteiger partial charge >= 0.3 is 0 Å². The van der Waals surface area contributed by atoms with Crippen LogP contribution in [-0.4, -0.2) is 8.07 Å². The zero-order valence-corrected chi connectivity index (χ0v) is 9.65. The van der Waals surface area contributed by atoms with Crippen LogP contribution in [0.15, 0.2) is 24.3 Å². The first kappa shape index (κ1) is 9.81. The number of rotatable bonds is 2. The van der Waals surface area contributed by atoms with E-state index in [1.54, 1.807) is 0 Å². The predicted molar refractivity (Wildman–Crippen MR) is 58.5 cm³/mol. The van der Waals surface area contributed by atoms with Crippen LogP contribution in [0.1, 0.15) is 5.56 Å². The predicted octanol–water partition coefficient (Wildman–Crippen LogP) is 3.76. The molecule has 0 saturated heterocycles. The van der Waals surface area contributed by atoms with Crippen molar-refractivity contribution in [2.24, 2.45) is 0 Å². The monoisotopic (exact) mass is 198 g/mol. The molecule has 1 aromatic rings. The van der Waals surface area contributed by atoms with Gasteiger partial charge in [0.15, 0.2) is 0 Å². The Bertz CT molecular complexity index is 263. The molecule has 0 aliphatic rings. The fourth-order valence-corrected chi connectivity index (χ4v) is 2.92. The highest BCUT2D eigenvalue weighted by molar-refractivity contribution is 6.75. The van der Waals surface area contributed by atoms with Crippen LogP contribution in [0, 0.1) is 0 Å². The zero-order chi connectivity index (χ0) is 9.19. The van der Waals surface area contributed by atoms with E-state index in [0.29, 0.717) is 0 Å². The second-order valence-corrected chi connectivity index (χ2v) is 10.3. The lowest BCUT2D eigenvalue weighted by molar-refractivity contribution is 1.31. The Kier molecular flexibility index (Phi) is 2.97. The topological polar surface area (TPSA) is 0 Å². The average molecular weight is 199 g/mol. The molecule has 0 amide bonds. The summed E-state index contributed by atoms with van der Waals surface area (Å²) in [6.07, 6.45) is 0. The second kappa shape index (κ2) is 3.63. The fraction of sp³-hybridized carbons (Fsp3) is 0.400. The molecule has 0 unspecified atom stereocenters. The van der Waals surface area contributed by atoms with Crippen LogP contribution in [-0.2, 0) is 6.04 Å². The Morgan fingerprint density at radius 3 is 2.42 bits per heavy atom. The van der Waals surface area contributed by atoms with Gasteiger partial charge in [-0.3, -0.25) is 0 Å². The molecule has 0 atom stereocenters. The molecule has 0 saturated carbocycles. The van der Waals surface area contributed by atoms with Gasteiger partial charge in [-0.25, -0.2) is 0 Å². The van der Waals surface area contributed by atoms with Gasteiger partial charge < -0.3 is 0 Å². The summed E-state index contributed by atoms with van der Waals surface area (Å²) < 4.78 is 0. The van der Waals surface area contributed by atoms with Crippen LogP contribution in [0.2, 0.25) is 24.7 Å². The average Bonchev–Trinajstić information content (AvgIpc) is 1.82. The zero-order valence-electron chi connectivity index (χ0n) is 7.89. The Hall–Kier alpha value is -0.273. The molecule has 0 aliphatic heterocycles. The van der Waals surface area contributed by atoms with E-state index in [-0.39, 0.29) is 0 Å². The maximum atomic E-state index is 5.89. The van der Waals surface area contributed by atoms with Gasteiger partial charge in [0.25, 0.3) is 0 Å². The molecule has 0 fully saturated rings. The minimum atomic E-state index is -0.980. The van der Waals surface area contributed by atoms with E-state index in [9.17, 15) is 0 Å². The second-order valence-electron chi connectivity index (χ2n) is 4.37. The van der Waals surface area contributed by atoms with E-state index in [4.69, 9.17) is 11.6 Å². The molecule has 2 heteroatoms. The van der Waals surface area contributed by atoms with Crippen LogP contribution in [0.4, 0.5) is 0 Å². The number of hydrogen-bond donors (Lipinski definition) is 0.